The molecule has 0 aromatic heterocycles. The van der Waals surface area contributed by atoms with Crippen LogP contribution in [0, 0.1) is 46.3 Å². The Hall–Kier alpha value is -0.830. The fourth-order valence-electron chi connectivity index (χ4n) is 9.28. The number of hydrogen-bond acceptors (Lipinski definition) is 7. The van der Waals surface area contributed by atoms with Gasteiger partial charge in [-0.05, 0) is 97.7 Å². The molecule has 0 saturated heterocycles. The van der Waals surface area contributed by atoms with Gasteiger partial charge < -0.3 is 35.4 Å². The number of aldehydes is 1. The zero-order chi connectivity index (χ0) is 29.8. The summed E-state index contributed by atoms with van der Waals surface area (Å²) in [6, 6.07) is 0. The molecule has 3 saturated carbocycles. The van der Waals surface area contributed by atoms with Crippen LogP contribution in [0.15, 0.2) is 11.6 Å². The lowest BCUT2D eigenvalue weighted by atomic mass is 9.47. The molecule has 232 valence electrons. The molecule has 7 heteroatoms. The molecule has 0 spiro atoms. The third kappa shape index (κ3) is 7.03. The van der Waals surface area contributed by atoms with Crippen molar-refractivity contribution < 1.29 is 35.4 Å². The van der Waals surface area contributed by atoms with Gasteiger partial charge in [-0.25, -0.2) is 0 Å². The fraction of sp³-hybridized carbons (Fsp3) is 0.909. The van der Waals surface area contributed by atoms with Crippen molar-refractivity contribution in [1.82, 2.24) is 0 Å². The van der Waals surface area contributed by atoms with E-state index < -0.39 is 31.0 Å². The normalized spacial score (nSPS) is 38.9. The van der Waals surface area contributed by atoms with Gasteiger partial charge in [0.25, 0.3) is 0 Å². The number of aliphatic hydroxyl groups excluding tert-OH is 6. The van der Waals surface area contributed by atoms with E-state index in [4.69, 9.17) is 25.5 Å². The molecule has 0 radical (unpaired) electrons. The van der Waals surface area contributed by atoms with Gasteiger partial charge in [-0.15, -0.1) is 0 Å². The Morgan fingerprint density at radius 3 is 2.27 bits per heavy atom. The van der Waals surface area contributed by atoms with E-state index in [1.165, 1.54) is 57.8 Å². The van der Waals surface area contributed by atoms with E-state index in [1.807, 2.05) is 0 Å². The minimum absolute atomic E-state index is 0.0258. The van der Waals surface area contributed by atoms with E-state index in [9.17, 15) is 9.90 Å². The molecule has 0 aromatic carbocycles. The summed E-state index contributed by atoms with van der Waals surface area (Å²) in [6.07, 6.45) is 10.3. The first-order valence-corrected chi connectivity index (χ1v) is 16.0. The van der Waals surface area contributed by atoms with E-state index in [0.717, 1.165) is 48.3 Å². The number of carbonyl (C=O) groups excluding carboxylic acids is 1. The minimum atomic E-state index is -1.79. The van der Waals surface area contributed by atoms with Crippen molar-refractivity contribution >= 4 is 6.29 Å². The highest BCUT2D eigenvalue weighted by Gasteiger charge is 2.59. The summed E-state index contributed by atoms with van der Waals surface area (Å²) in [5, 5.41) is 53.7. The summed E-state index contributed by atoms with van der Waals surface area (Å²) in [7, 11) is 0. The quantitative estimate of drug-likeness (QED) is 0.174. The van der Waals surface area contributed by atoms with E-state index in [1.54, 1.807) is 5.57 Å². The Labute approximate surface area is 242 Å². The lowest BCUT2D eigenvalue weighted by Gasteiger charge is -2.58. The number of fused-ring (bicyclic) bond motifs is 5. The Kier molecular flexibility index (Phi) is 11.9. The number of allylic oxidation sites excluding steroid dienone is 1. The van der Waals surface area contributed by atoms with Gasteiger partial charge in [0.05, 0.1) is 12.7 Å². The molecule has 0 unspecified atom stereocenters. The largest absolute Gasteiger partial charge is 0.394 e. The van der Waals surface area contributed by atoms with E-state index in [2.05, 4.69) is 40.7 Å². The van der Waals surface area contributed by atoms with Crippen molar-refractivity contribution in [2.24, 2.45) is 46.3 Å². The molecule has 3 fully saturated rings. The number of carbonyl (C=O) groups is 1. The van der Waals surface area contributed by atoms with Crippen molar-refractivity contribution in [3.63, 3.8) is 0 Å². The Morgan fingerprint density at radius 2 is 1.65 bits per heavy atom. The van der Waals surface area contributed by atoms with Gasteiger partial charge in [0.2, 0.25) is 0 Å². The first kappa shape index (κ1) is 33.7. The predicted octanol–water partition coefficient (Wildman–Crippen LogP) is 4.01. The van der Waals surface area contributed by atoms with Crippen molar-refractivity contribution in [2.75, 3.05) is 6.61 Å². The van der Waals surface area contributed by atoms with Crippen LogP contribution in [0.2, 0.25) is 0 Å². The Morgan fingerprint density at radius 1 is 0.950 bits per heavy atom. The van der Waals surface area contributed by atoms with Crippen molar-refractivity contribution in [3.05, 3.63) is 11.6 Å². The summed E-state index contributed by atoms with van der Waals surface area (Å²) in [5.74, 6) is 5.46. The molecule has 4 aliphatic rings. The highest BCUT2D eigenvalue weighted by molar-refractivity contribution is 5.56. The Balaban J connectivity index is 0.000000312. The lowest BCUT2D eigenvalue weighted by Crippen LogP contribution is -2.50. The first-order valence-electron chi connectivity index (χ1n) is 16.0. The van der Waals surface area contributed by atoms with Crippen LogP contribution in [0.1, 0.15) is 105 Å². The lowest BCUT2D eigenvalue weighted by molar-refractivity contribution is -0.136. The molecule has 0 amide bonds. The second kappa shape index (κ2) is 14.1. The second-order valence-electron chi connectivity index (χ2n) is 14.5. The zero-order valence-corrected chi connectivity index (χ0v) is 25.6. The summed E-state index contributed by atoms with van der Waals surface area (Å²) in [4.78, 5) is 9.90. The summed E-state index contributed by atoms with van der Waals surface area (Å²) >= 11 is 0. The number of aliphatic hydroxyl groups is 6. The van der Waals surface area contributed by atoms with Crippen LogP contribution in [0.3, 0.4) is 0 Å². The topological polar surface area (TPSA) is 138 Å². The molecular weight excluding hydrogens is 508 g/mol. The van der Waals surface area contributed by atoms with E-state index in [0.29, 0.717) is 10.8 Å². The van der Waals surface area contributed by atoms with Crippen molar-refractivity contribution in [2.45, 2.75) is 136 Å². The van der Waals surface area contributed by atoms with Gasteiger partial charge in [-0.3, -0.25) is 0 Å². The molecule has 0 aliphatic heterocycles. The van der Waals surface area contributed by atoms with Gasteiger partial charge in [0.15, 0.2) is 6.29 Å². The highest BCUT2D eigenvalue weighted by atomic mass is 16.4. The SMILES string of the molecule is CC(C)CCC[C@@H](C)[C@H]1CC[C@H]2[C@@H]3CC=C4C[C@@H](O)CC[C@]4(C)[C@H]3CC[C@]12C.O=C[C@H](O)[C@@H](O)[C@H](O)[C@H](O)CO. The van der Waals surface area contributed by atoms with Crippen LogP contribution < -0.4 is 0 Å². The molecule has 0 heterocycles. The average Bonchev–Trinajstić information content (AvgIpc) is 3.29. The molecule has 0 aromatic rings. The molecule has 4 aliphatic carbocycles. The van der Waals surface area contributed by atoms with Gasteiger partial charge in [-0.1, -0.05) is 65.5 Å². The van der Waals surface area contributed by atoms with Crippen LogP contribution in [0.4, 0.5) is 0 Å². The third-order valence-corrected chi connectivity index (χ3v) is 11.7. The van der Waals surface area contributed by atoms with Gasteiger partial charge in [-0.2, -0.15) is 0 Å². The summed E-state index contributed by atoms with van der Waals surface area (Å²) in [5.41, 5.74) is 2.60. The fourth-order valence-corrected chi connectivity index (χ4v) is 9.28. The predicted molar refractivity (Wildman–Crippen MR) is 156 cm³/mol. The average molecular weight is 567 g/mol. The Bertz CT molecular complexity index is 845. The van der Waals surface area contributed by atoms with Crippen LogP contribution in [-0.4, -0.2) is 74.1 Å². The monoisotopic (exact) mass is 566 g/mol. The van der Waals surface area contributed by atoms with Crippen molar-refractivity contribution in [1.29, 1.82) is 0 Å². The van der Waals surface area contributed by atoms with Gasteiger partial charge in [0, 0.05) is 0 Å². The zero-order valence-electron chi connectivity index (χ0n) is 25.6. The standard InChI is InChI=1S/C27H46O.C6H12O6/c1-18(2)7-6-8-19(3)23-11-12-24-22-10-9-20-17-21(28)13-15-26(20,4)25(22)14-16-27(23,24)5;7-1-3(9)5(11)6(12)4(10)2-8/h9,18-19,21-25,28H,6-8,10-17H2,1-5H3;1,3-6,8-12H,2H2/t19-,21+,22+,23-,24+,25+,26+,27-;3-,4+,5+,6+/m10/s1. The number of hydrogen-bond donors (Lipinski definition) is 6. The molecule has 4 rings (SSSR count). The highest BCUT2D eigenvalue weighted by Crippen LogP contribution is 2.67. The van der Waals surface area contributed by atoms with Crippen molar-refractivity contribution in [3.8, 4) is 0 Å². The maximum absolute atomic E-state index is 10.2. The van der Waals surface area contributed by atoms with Gasteiger partial charge in [0.1, 0.15) is 24.4 Å². The third-order valence-electron chi connectivity index (χ3n) is 11.7. The first-order chi connectivity index (χ1) is 18.8. The van der Waals surface area contributed by atoms with Crippen LogP contribution in [0.25, 0.3) is 0 Å². The smallest absolute Gasteiger partial charge is 0.151 e. The van der Waals surface area contributed by atoms with Crippen LogP contribution >= 0.6 is 0 Å². The maximum Gasteiger partial charge on any atom is 0.151 e. The van der Waals surface area contributed by atoms with Crippen LogP contribution in [-0.2, 0) is 4.79 Å². The van der Waals surface area contributed by atoms with Gasteiger partial charge >= 0.3 is 0 Å². The second-order valence-corrected chi connectivity index (χ2v) is 14.5. The molecule has 0 bridgehead atoms. The maximum atomic E-state index is 10.2. The number of rotatable bonds is 10. The molecule has 6 N–H and O–H groups in total. The van der Waals surface area contributed by atoms with E-state index >= 15 is 0 Å². The minimum Gasteiger partial charge on any atom is -0.394 e. The molecule has 12 atom stereocenters. The summed E-state index contributed by atoms with van der Waals surface area (Å²) in [6.45, 7) is 11.8. The molecule has 7 nitrogen and oxygen atoms in total. The molecule has 40 heavy (non-hydrogen) atoms. The van der Waals surface area contributed by atoms with E-state index in [-0.39, 0.29) is 12.4 Å². The molecular formula is C33H58O7. The van der Waals surface area contributed by atoms with Crippen LogP contribution in [0.5, 0.6) is 0 Å². The summed E-state index contributed by atoms with van der Waals surface area (Å²) < 4.78 is 0.